The van der Waals surface area contributed by atoms with Gasteiger partial charge in [-0.25, -0.2) is 4.99 Å². The third-order valence-electron chi connectivity index (χ3n) is 3.75. The van der Waals surface area contributed by atoms with Gasteiger partial charge < -0.3 is 19.9 Å². The van der Waals surface area contributed by atoms with Crippen molar-refractivity contribution in [3.8, 4) is 0 Å². The highest BCUT2D eigenvalue weighted by atomic mass is 127. The predicted molar refractivity (Wildman–Crippen MR) is 117 cm³/mol. The highest BCUT2D eigenvalue weighted by Gasteiger charge is 2.06. The molecular weight excluding hydrogens is 463 g/mol. The number of aliphatic imine (C=N–C) groups is 1. The molecule has 0 unspecified atom stereocenters. The first-order valence-electron chi connectivity index (χ1n) is 8.60. The van der Waals surface area contributed by atoms with Gasteiger partial charge in [0.2, 0.25) is 0 Å². The number of thiophene rings is 1. The molecule has 2 N–H and O–H groups in total. The van der Waals surface area contributed by atoms with Crippen LogP contribution in [0.4, 0.5) is 0 Å². The Hall–Kier alpha value is -1.20. The third-order valence-corrected chi connectivity index (χ3v) is 4.75. The lowest BCUT2D eigenvalue weighted by Gasteiger charge is -2.12. The van der Waals surface area contributed by atoms with Gasteiger partial charge in [0.25, 0.3) is 0 Å². The van der Waals surface area contributed by atoms with Crippen LogP contribution in [0.15, 0.2) is 17.1 Å². The van der Waals surface area contributed by atoms with Crippen LogP contribution in [0.25, 0.3) is 0 Å². The van der Waals surface area contributed by atoms with Gasteiger partial charge in [-0.2, -0.15) is 0 Å². The lowest BCUT2D eigenvalue weighted by Crippen LogP contribution is -2.37. The normalized spacial score (nSPS) is 11.3. The minimum Gasteiger partial charge on any atom is -0.382 e. The molecule has 146 valence electrons. The Kier molecular flexibility index (Phi) is 10.7. The number of aromatic nitrogens is 3. The van der Waals surface area contributed by atoms with Crippen LogP contribution in [0, 0.1) is 13.8 Å². The maximum Gasteiger partial charge on any atom is 0.192 e. The van der Waals surface area contributed by atoms with Crippen molar-refractivity contribution in [2.45, 2.75) is 40.3 Å². The smallest absolute Gasteiger partial charge is 0.192 e. The second kappa shape index (κ2) is 12.2. The molecule has 0 amide bonds. The number of nitrogens with zero attached hydrogens (tertiary/aromatic N) is 4. The van der Waals surface area contributed by atoms with E-state index < -0.39 is 0 Å². The lowest BCUT2D eigenvalue weighted by atomic mass is 10.4. The van der Waals surface area contributed by atoms with Gasteiger partial charge in [0, 0.05) is 36.6 Å². The summed E-state index contributed by atoms with van der Waals surface area (Å²) in [5.41, 5.74) is 0. The average molecular weight is 492 g/mol. The lowest BCUT2D eigenvalue weighted by molar-refractivity contribution is 0.145. The number of hydrogen-bond donors (Lipinski definition) is 2. The third kappa shape index (κ3) is 7.58. The summed E-state index contributed by atoms with van der Waals surface area (Å²) in [5, 5.41) is 15.0. The Morgan fingerprint density at radius 3 is 2.69 bits per heavy atom. The minimum absolute atomic E-state index is 0. The largest absolute Gasteiger partial charge is 0.382 e. The van der Waals surface area contributed by atoms with Crippen molar-refractivity contribution < 1.29 is 4.74 Å². The molecule has 2 heterocycles. The molecule has 0 aliphatic rings. The molecule has 0 fully saturated rings. The van der Waals surface area contributed by atoms with Crippen LogP contribution < -0.4 is 10.6 Å². The molecule has 9 heteroatoms. The summed E-state index contributed by atoms with van der Waals surface area (Å²) in [5.74, 6) is 2.52. The first-order valence-corrected chi connectivity index (χ1v) is 9.42. The summed E-state index contributed by atoms with van der Waals surface area (Å²) in [6.07, 6.45) is 0.940. The fourth-order valence-corrected chi connectivity index (χ4v) is 3.02. The Morgan fingerprint density at radius 2 is 2.08 bits per heavy atom. The van der Waals surface area contributed by atoms with E-state index in [0.717, 1.165) is 50.3 Å². The number of aryl methyl sites for hydroxylation is 2. The number of guanidine groups is 1. The average Bonchev–Trinajstić information content (AvgIpc) is 3.16. The topological polar surface area (TPSA) is 76.4 Å². The molecule has 2 aromatic rings. The molecule has 26 heavy (non-hydrogen) atoms. The van der Waals surface area contributed by atoms with Gasteiger partial charge in [-0.1, -0.05) is 0 Å². The van der Waals surface area contributed by atoms with Crippen molar-refractivity contribution in [2.75, 3.05) is 19.8 Å². The Bertz CT molecular complexity index is 685. The fourth-order valence-electron chi connectivity index (χ4n) is 2.19. The summed E-state index contributed by atoms with van der Waals surface area (Å²) >= 11 is 1.79. The van der Waals surface area contributed by atoms with Crippen LogP contribution in [-0.4, -0.2) is 40.5 Å². The van der Waals surface area contributed by atoms with Crippen LogP contribution in [0.1, 0.15) is 34.7 Å². The summed E-state index contributed by atoms with van der Waals surface area (Å²) in [4.78, 5) is 7.24. The molecule has 0 saturated carbocycles. The minimum atomic E-state index is 0. The maximum atomic E-state index is 5.37. The van der Waals surface area contributed by atoms with E-state index >= 15 is 0 Å². The number of rotatable bonds is 9. The van der Waals surface area contributed by atoms with E-state index in [4.69, 9.17) is 4.74 Å². The molecule has 0 aliphatic heterocycles. The van der Waals surface area contributed by atoms with Gasteiger partial charge in [0.1, 0.15) is 12.4 Å². The van der Waals surface area contributed by atoms with Gasteiger partial charge in [-0.05, 0) is 39.3 Å². The molecule has 0 aliphatic carbocycles. The second-order valence-electron chi connectivity index (χ2n) is 5.73. The Morgan fingerprint density at radius 1 is 1.27 bits per heavy atom. The zero-order valence-corrected chi connectivity index (χ0v) is 19.1. The van der Waals surface area contributed by atoms with Crippen molar-refractivity contribution in [1.82, 2.24) is 25.4 Å². The number of nitrogens with one attached hydrogen (secondary N) is 2. The van der Waals surface area contributed by atoms with Crippen molar-refractivity contribution in [1.29, 1.82) is 0 Å². The molecule has 0 spiro atoms. The van der Waals surface area contributed by atoms with Crippen molar-refractivity contribution in [3.05, 3.63) is 33.5 Å². The Labute approximate surface area is 176 Å². The SMILES string of the molecule is CCOCCCNC(=NCc1nnc(C)n1C)NCc1ccc(C)s1.I. The van der Waals surface area contributed by atoms with Crippen LogP contribution in [0.5, 0.6) is 0 Å². The highest BCUT2D eigenvalue weighted by Crippen LogP contribution is 2.14. The van der Waals surface area contributed by atoms with Gasteiger partial charge in [-0.3, -0.25) is 0 Å². The van der Waals surface area contributed by atoms with Gasteiger partial charge in [0.05, 0.1) is 6.54 Å². The summed E-state index contributed by atoms with van der Waals surface area (Å²) in [7, 11) is 1.96. The van der Waals surface area contributed by atoms with E-state index in [9.17, 15) is 0 Å². The van der Waals surface area contributed by atoms with Crippen LogP contribution in [0.2, 0.25) is 0 Å². The van der Waals surface area contributed by atoms with E-state index in [2.05, 4.69) is 44.9 Å². The van der Waals surface area contributed by atoms with Crippen LogP contribution in [0.3, 0.4) is 0 Å². The zero-order valence-electron chi connectivity index (χ0n) is 15.9. The molecule has 0 atom stereocenters. The molecule has 0 bridgehead atoms. The summed E-state index contributed by atoms with van der Waals surface area (Å²) < 4.78 is 7.33. The number of halogens is 1. The highest BCUT2D eigenvalue weighted by molar-refractivity contribution is 14.0. The second-order valence-corrected chi connectivity index (χ2v) is 7.10. The van der Waals surface area contributed by atoms with Crippen LogP contribution in [-0.2, 0) is 24.9 Å². The molecule has 2 aromatic heterocycles. The van der Waals surface area contributed by atoms with E-state index in [1.165, 1.54) is 9.75 Å². The first kappa shape index (κ1) is 22.8. The Balaban J connectivity index is 0.00000338. The molecule has 0 radical (unpaired) electrons. The molecular formula is C17H29IN6OS. The van der Waals surface area contributed by atoms with Crippen molar-refractivity contribution in [3.63, 3.8) is 0 Å². The maximum absolute atomic E-state index is 5.37. The van der Waals surface area contributed by atoms with E-state index in [0.29, 0.717) is 6.54 Å². The molecule has 0 saturated heterocycles. The van der Waals surface area contributed by atoms with Gasteiger partial charge in [-0.15, -0.1) is 45.5 Å². The monoisotopic (exact) mass is 492 g/mol. The first-order chi connectivity index (χ1) is 12.1. The van der Waals surface area contributed by atoms with E-state index in [1.54, 1.807) is 11.3 Å². The van der Waals surface area contributed by atoms with Crippen LogP contribution >= 0.6 is 35.3 Å². The standard InChI is InChI=1S/C17H28N6OS.HI/c1-5-24-10-6-9-18-17(19-11-15-8-7-13(2)25-15)20-12-16-22-21-14(3)23(16)4;/h7-8H,5-6,9-12H2,1-4H3,(H2,18,19,20);1H. The van der Waals surface area contributed by atoms with E-state index in [1.807, 2.05) is 25.5 Å². The van der Waals surface area contributed by atoms with Gasteiger partial charge >= 0.3 is 0 Å². The van der Waals surface area contributed by atoms with Gasteiger partial charge in [0.15, 0.2) is 11.8 Å². The van der Waals surface area contributed by atoms with Crippen molar-refractivity contribution >= 4 is 41.3 Å². The molecule has 7 nitrogen and oxygen atoms in total. The summed E-state index contributed by atoms with van der Waals surface area (Å²) in [6, 6.07) is 4.28. The number of hydrogen-bond acceptors (Lipinski definition) is 5. The van der Waals surface area contributed by atoms with Crippen molar-refractivity contribution in [2.24, 2.45) is 12.0 Å². The fraction of sp³-hybridized carbons (Fsp3) is 0.588. The quantitative estimate of drug-likeness (QED) is 0.244. The van der Waals surface area contributed by atoms with E-state index in [-0.39, 0.29) is 24.0 Å². The predicted octanol–water partition coefficient (Wildman–Crippen LogP) is 2.77. The zero-order chi connectivity index (χ0) is 18.1. The molecule has 2 rings (SSSR count). The summed E-state index contributed by atoms with van der Waals surface area (Å²) in [6.45, 7) is 9.62. The number of ether oxygens (including phenoxy) is 1. The molecule has 0 aromatic carbocycles.